The second-order valence-corrected chi connectivity index (χ2v) is 15.5. The third-order valence-corrected chi connectivity index (χ3v) is 9.36. The lowest BCUT2D eigenvalue weighted by atomic mass is 10.2. The first-order valence-electron chi connectivity index (χ1n) is 21.8. The first-order valence-corrected chi connectivity index (χ1v) is 23.3. The van der Waals surface area contributed by atoms with Gasteiger partial charge in [0.1, 0.15) is 12.7 Å². The Morgan fingerprint density at radius 2 is 0.898 bits per heavy atom. The fraction of sp³-hybridized carbons (Fsp3) is 0.583. The maximum absolute atomic E-state index is 12.6. The number of allylic oxidation sites excluding steroid dienone is 18. The number of hydrogen-bond donors (Lipinski definition) is 3. The van der Waals surface area contributed by atoms with Crippen molar-refractivity contribution in [3.63, 3.8) is 0 Å². The van der Waals surface area contributed by atoms with E-state index >= 15 is 0 Å². The lowest BCUT2D eigenvalue weighted by Crippen LogP contribution is -2.29. The van der Waals surface area contributed by atoms with Crippen LogP contribution in [0, 0.1) is 0 Å². The van der Waals surface area contributed by atoms with Gasteiger partial charge in [-0.25, -0.2) is 4.57 Å². The first kappa shape index (κ1) is 55.6. The number of carbonyl (C=O) groups excluding carboxylic acids is 2. The number of aliphatic hydroxyl groups excluding tert-OH is 2. The third-order valence-electron chi connectivity index (χ3n) is 8.41. The number of aliphatic hydroxyl groups is 2. The van der Waals surface area contributed by atoms with E-state index < -0.39 is 51.8 Å². The molecule has 3 N–H and O–H groups in total. The molecule has 0 aromatic heterocycles. The zero-order chi connectivity index (χ0) is 43.3. The Bertz CT molecular complexity index is 1340. The summed E-state index contributed by atoms with van der Waals surface area (Å²) in [7, 11) is -4.66. The Balaban J connectivity index is 4.54. The molecule has 0 aliphatic rings. The molecular formula is C48H77O10P. The maximum atomic E-state index is 12.6. The minimum Gasteiger partial charge on any atom is -0.462 e. The molecule has 0 saturated heterocycles. The lowest BCUT2D eigenvalue weighted by Gasteiger charge is -2.20. The Morgan fingerprint density at radius 1 is 0.508 bits per heavy atom. The zero-order valence-electron chi connectivity index (χ0n) is 36.2. The van der Waals surface area contributed by atoms with Gasteiger partial charge in [0.25, 0.3) is 0 Å². The van der Waals surface area contributed by atoms with Gasteiger partial charge in [0, 0.05) is 12.8 Å². The SMILES string of the molecule is CCCCC/C=C\C/C=C\C/C=C\C/C=C\C/C=C\CCC(=O)O[C@H](COC(=O)CCC/C=C\C/C=C\C/C=C\C/C=C\CCCCC)COP(=O)(O)OC[C@@H](O)CO. The quantitative estimate of drug-likeness (QED) is 0.0236. The van der Waals surface area contributed by atoms with Gasteiger partial charge in [-0.15, -0.1) is 0 Å². The molecule has 3 atom stereocenters. The monoisotopic (exact) mass is 845 g/mol. The smallest absolute Gasteiger partial charge is 0.462 e. The summed E-state index contributed by atoms with van der Waals surface area (Å²) in [6.45, 7) is 2.15. The van der Waals surface area contributed by atoms with Crippen molar-refractivity contribution in [2.45, 2.75) is 154 Å². The van der Waals surface area contributed by atoms with Gasteiger partial charge in [-0.3, -0.25) is 18.6 Å². The van der Waals surface area contributed by atoms with Gasteiger partial charge >= 0.3 is 19.8 Å². The van der Waals surface area contributed by atoms with Crippen molar-refractivity contribution in [1.82, 2.24) is 0 Å². The molecule has 11 heteroatoms. The Hall–Kier alpha value is -3.37. The van der Waals surface area contributed by atoms with Gasteiger partial charge in [0.2, 0.25) is 0 Å². The van der Waals surface area contributed by atoms with Crippen molar-refractivity contribution < 1.29 is 47.8 Å². The van der Waals surface area contributed by atoms with Crippen molar-refractivity contribution in [2.24, 2.45) is 0 Å². The van der Waals surface area contributed by atoms with Gasteiger partial charge in [-0.2, -0.15) is 0 Å². The molecule has 334 valence electrons. The van der Waals surface area contributed by atoms with E-state index in [0.29, 0.717) is 19.3 Å². The summed E-state index contributed by atoms with van der Waals surface area (Å²) in [6, 6.07) is 0. The molecule has 0 rings (SSSR count). The van der Waals surface area contributed by atoms with Gasteiger partial charge in [0.05, 0.1) is 19.8 Å². The summed E-state index contributed by atoms with van der Waals surface area (Å²) < 4.78 is 32.6. The van der Waals surface area contributed by atoms with E-state index in [2.05, 4.69) is 103 Å². The summed E-state index contributed by atoms with van der Waals surface area (Å²) in [4.78, 5) is 34.9. The van der Waals surface area contributed by atoms with Crippen molar-refractivity contribution >= 4 is 19.8 Å². The Morgan fingerprint density at radius 3 is 1.32 bits per heavy atom. The van der Waals surface area contributed by atoms with Crippen LogP contribution in [0.5, 0.6) is 0 Å². The molecule has 10 nitrogen and oxygen atoms in total. The summed E-state index contributed by atoms with van der Waals surface area (Å²) in [5.74, 6) is -1.10. The number of rotatable bonds is 39. The average Bonchev–Trinajstić information content (AvgIpc) is 3.22. The van der Waals surface area contributed by atoms with Crippen LogP contribution in [0.15, 0.2) is 109 Å². The largest absolute Gasteiger partial charge is 0.472 e. The molecule has 59 heavy (non-hydrogen) atoms. The molecule has 0 aliphatic heterocycles. The average molecular weight is 845 g/mol. The normalized spacial score (nSPS) is 14.9. The predicted octanol–water partition coefficient (Wildman–Crippen LogP) is 11.8. The summed E-state index contributed by atoms with van der Waals surface area (Å²) in [5.41, 5.74) is 0. The van der Waals surface area contributed by atoms with E-state index in [1.165, 1.54) is 38.5 Å². The number of ether oxygens (including phenoxy) is 2. The zero-order valence-corrected chi connectivity index (χ0v) is 37.1. The summed E-state index contributed by atoms with van der Waals surface area (Å²) in [6.07, 6.45) is 53.6. The fourth-order valence-electron chi connectivity index (χ4n) is 5.02. The highest BCUT2D eigenvalue weighted by molar-refractivity contribution is 7.47. The van der Waals surface area contributed by atoms with E-state index in [1.54, 1.807) is 0 Å². The molecule has 0 aromatic carbocycles. The molecule has 0 aromatic rings. The number of phosphoric ester groups is 1. The number of esters is 2. The van der Waals surface area contributed by atoms with E-state index in [9.17, 15) is 24.2 Å². The van der Waals surface area contributed by atoms with Crippen LogP contribution in [0.25, 0.3) is 0 Å². The Labute approximate surface area is 356 Å². The van der Waals surface area contributed by atoms with Crippen LogP contribution in [0.3, 0.4) is 0 Å². The molecule has 0 aliphatic carbocycles. The lowest BCUT2D eigenvalue weighted by molar-refractivity contribution is -0.161. The van der Waals surface area contributed by atoms with Gasteiger partial charge in [0.15, 0.2) is 6.10 Å². The van der Waals surface area contributed by atoms with E-state index in [4.69, 9.17) is 19.1 Å². The molecule has 0 fully saturated rings. The van der Waals surface area contributed by atoms with Gasteiger partial charge < -0.3 is 24.6 Å². The molecule has 0 bridgehead atoms. The number of carbonyl (C=O) groups is 2. The van der Waals surface area contributed by atoms with E-state index in [1.807, 2.05) is 24.3 Å². The maximum Gasteiger partial charge on any atom is 0.472 e. The second kappa shape index (κ2) is 42.7. The minimum atomic E-state index is -4.66. The molecule has 0 heterocycles. The summed E-state index contributed by atoms with van der Waals surface area (Å²) in [5, 5.41) is 18.3. The highest BCUT2D eigenvalue weighted by atomic mass is 31.2. The second-order valence-electron chi connectivity index (χ2n) is 14.0. The number of hydrogen-bond acceptors (Lipinski definition) is 9. The van der Waals surface area contributed by atoms with Crippen LogP contribution < -0.4 is 0 Å². The minimum absolute atomic E-state index is 0.0423. The van der Waals surface area contributed by atoms with Crippen molar-refractivity contribution in [2.75, 3.05) is 26.4 Å². The molecule has 0 radical (unpaired) electrons. The van der Waals surface area contributed by atoms with Crippen molar-refractivity contribution in [1.29, 1.82) is 0 Å². The summed E-state index contributed by atoms with van der Waals surface area (Å²) >= 11 is 0. The van der Waals surface area contributed by atoms with Crippen LogP contribution in [0.4, 0.5) is 0 Å². The van der Waals surface area contributed by atoms with E-state index in [0.717, 1.165) is 57.8 Å². The van der Waals surface area contributed by atoms with Gasteiger partial charge in [-0.05, 0) is 89.9 Å². The van der Waals surface area contributed by atoms with Crippen LogP contribution in [0.2, 0.25) is 0 Å². The molecule has 0 saturated carbocycles. The standard InChI is InChI=1S/C48H77O10P/c1-3-5-7-9-11-13-15-17-19-21-22-24-26-28-30-32-34-36-38-40-48(52)58-46(44-57-59(53,54)56-42-45(50)41-49)43-55-47(51)39-37-35-33-31-29-27-25-23-20-18-16-14-12-10-8-6-4-2/h11-14,17-20,22,24-25,27-28,30-31,33-34,36,45-46,49-50H,3-10,15-16,21,23,26,29,32,35,37-44H2,1-2H3,(H,53,54)/b13-11-,14-12-,19-17-,20-18-,24-22-,27-25-,30-28-,33-31-,36-34-/t45-,46+/m0/s1. The molecule has 1 unspecified atom stereocenters. The highest BCUT2D eigenvalue weighted by Gasteiger charge is 2.27. The molecular weight excluding hydrogens is 767 g/mol. The number of phosphoric acid groups is 1. The fourth-order valence-corrected chi connectivity index (χ4v) is 5.81. The van der Waals surface area contributed by atoms with E-state index in [-0.39, 0.29) is 19.4 Å². The van der Waals surface area contributed by atoms with Crippen molar-refractivity contribution in [3.05, 3.63) is 109 Å². The van der Waals surface area contributed by atoms with Crippen molar-refractivity contribution in [3.8, 4) is 0 Å². The Kier molecular flexibility index (Phi) is 40.3. The first-order chi connectivity index (χ1) is 28.7. The molecule has 0 amide bonds. The topological polar surface area (TPSA) is 149 Å². The van der Waals surface area contributed by atoms with Crippen LogP contribution in [-0.4, -0.2) is 65.7 Å². The van der Waals surface area contributed by atoms with Crippen LogP contribution >= 0.6 is 7.82 Å². The molecule has 0 spiro atoms. The highest BCUT2D eigenvalue weighted by Crippen LogP contribution is 2.43. The van der Waals surface area contributed by atoms with Crippen LogP contribution in [-0.2, 0) is 32.7 Å². The predicted molar refractivity (Wildman–Crippen MR) is 242 cm³/mol. The van der Waals surface area contributed by atoms with Crippen LogP contribution in [0.1, 0.15) is 142 Å². The third kappa shape index (κ3) is 42.6. The van der Waals surface area contributed by atoms with Gasteiger partial charge in [-0.1, -0.05) is 149 Å². The number of unbranched alkanes of at least 4 members (excludes halogenated alkanes) is 7.